The third-order valence-electron chi connectivity index (χ3n) is 8.46. The number of rotatable bonds is 8. The Kier molecular flexibility index (Phi) is 8.24. The molecule has 210 valence electrons. The van der Waals surface area contributed by atoms with Gasteiger partial charge in [-0.2, -0.15) is 0 Å². The number of amides is 2. The number of nitrogens with zero attached hydrogens (tertiary/aromatic N) is 2. The number of phenols is 1. The number of hydrogen-bond donors (Lipinski definition) is 2. The molecule has 7 nitrogen and oxygen atoms in total. The second-order valence-electron chi connectivity index (χ2n) is 11.4. The van der Waals surface area contributed by atoms with Crippen LogP contribution in [0.4, 0.5) is 4.39 Å². The van der Waals surface area contributed by atoms with Crippen molar-refractivity contribution < 1.29 is 28.8 Å². The predicted molar refractivity (Wildman–Crippen MR) is 151 cm³/mol. The maximum Gasteiger partial charge on any atom is 0.455 e. The predicted octanol–water partition coefficient (Wildman–Crippen LogP) is 5.11. The van der Waals surface area contributed by atoms with Crippen LogP contribution in [-0.4, -0.2) is 51.6 Å². The Balaban J connectivity index is 1.48. The number of aromatic nitrogens is 1. The quantitative estimate of drug-likeness (QED) is 0.271. The highest BCUT2D eigenvalue weighted by Gasteiger charge is 2.57. The van der Waals surface area contributed by atoms with Crippen molar-refractivity contribution in [2.45, 2.75) is 58.9 Å². The SMILES string of the molecule is CCCN1C(=O)[C@@H]2[C@@H](CC(C(C)C)=C3[C@@H](CC/C(=C/c4ccc(O)c(F)c4)c4ccccn4)OB(O)C[C@@H]32)C1=O. The summed E-state index contributed by atoms with van der Waals surface area (Å²) < 4.78 is 20.2. The second-order valence-corrected chi connectivity index (χ2v) is 11.4. The first-order chi connectivity index (χ1) is 19.2. The lowest BCUT2D eigenvalue weighted by molar-refractivity contribution is -0.140. The van der Waals surface area contributed by atoms with E-state index in [2.05, 4.69) is 18.8 Å². The van der Waals surface area contributed by atoms with Gasteiger partial charge in [0.2, 0.25) is 11.8 Å². The van der Waals surface area contributed by atoms with Gasteiger partial charge in [0.25, 0.3) is 0 Å². The molecule has 1 aliphatic carbocycles. The number of phenolic OH excluding ortho intramolecular Hbond substituents is 1. The summed E-state index contributed by atoms with van der Waals surface area (Å²) in [7, 11) is -1.04. The summed E-state index contributed by atoms with van der Waals surface area (Å²) in [6, 6.07) is 9.84. The van der Waals surface area contributed by atoms with Gasteiger partial charge < -0.3 is 14.8 Å². The van der Waals surface area contributed by atoms with Crippen LogP contribution in [0.5, 0.6) is 5.75 Å². The lowest BCUT2D eigenvalue weighted by Crippen LogP contribution is -2.46. The first-order valence-corrected chi connectivity index (χ1v) is 14.2. The Bertz CT molecular complexity index is 1340. The maximum atomic E-state index is 14.1. The van der Waals surface area contributed by atoms with E-state index < -0.39 is 30.7 Å². The number of imide groups is 1. The van der Waals surface area contributed by atoms with Crippen LogP contribution in [0.1, 0.15) is 57.7 Å². The summed E-state index contributed by atoms with van der Waals surface area (Å²) >= 11 is 0. The van der Waals surface area contributed by atoms with E-state index in [-0.39, 0.29) is 35.9 Å². The van der Waals surface area contributed by atoms with Crippen LogP contribution in [0.3, 0.4) is 0 Å². The number of halogens is 1. The molecule has 2 fully saturated rings. The average Bonchev–Trinajstić information content (AvgIpc) is 3.17. The van der Waals surface area contributed by atoms with Crippen molar-refractivity contribution >= 4 is 30.6 Å². The largest absolute Gasteiger partial charge is 0.505 e. The number of carbonyl (C=O) groups is 2. The molecule has 1 aromatic carbocycles. The number of likely N-dealkylation sites (tertiary alicyclic amines) is 1. The third-order valence-corrected chi connectivity index (χ3v) is 8.46. The molecule has 1 aromatic heterocycles. The lowest BCUT2D eigenvalue weighted by Gasteiger charge is -2.44. The molecule has 3 heterocycles. The minimum Gasteiger partial charge on any atom is -0.505 e. The number of pyridine rings is 1. The molecule has 5 rings (SSSR count). The Hall–Kier alpha value is -3.30. The van der Waals surface area contributed by atoms with E-state index in [1.54, 1.807) is 12.3 Å². The second kappa shape index (κ2) is 11.7. The van der Waals surface area contributed by atoms with E-state index >= 15 is 0 Å². The molecule has 2 saturated heterocycles. The van der Waals surface area contributed by atoms with Crippen LogP contribution < -0.4 is 0 Å². The minimum absolute atomic E-state index is 0.0897. The van der Waals surface area contributed by atoms with Crippen LogP contribution in [0, 0.1) is 29.5 Å². The van der Waals surface area contributed by atoms with Crippen LogP contribution in [0.2, 0.25) is 6.32 Å². The number of fused-ring (bicyclic) bond motifs is 3. The Labute approximate surface area is 234 Å². The molecule has 0 unspecified atom stereocenters. The molecule has 9 heteroatoms. The molecule has 0 radical (unpaired) electrons. The van der Waals surface area contributed by atoms with E-state index in [0.717, 1.165) is 22.4 Å². The number of allylic oxidation sites excluding steroid dienone is 2. The zero-order valence-electron chi connectivity index (χ0n) is 23.2. The Morgan fingerprint density at radius 1 is 1.23 bits per heavy atom. The van der Waals surface area contributed by atoms with Crippen molar-refractivity contribution in [1.29, 1.82) is 0 Å². The van der Waals surface area contributed by atoms with Gasteiger partial charge in [-0.3, -0.25) is 19.5 Å². The van der Waals surface area contributed by atoms with Crippen molar-refractivity contribution in [3.8, 4) is 5.75 Å². The van der Waals surface area contributed by atoms with Gasteiger partial charge >= 0.3 is 7.12 Å². The molecular weight excluding hydrogens is 510 g/mol. The van der Waals surface area contributed by atoms with Crippen molar-refractivity contribution in [3.05, 3.63) is 70.8 Å². The molecule has 3 aliphatic rings. The minimum atomic E-state index is -1.04. The number of carbonyl (C=O) groups excluding carboxylic acids is 2. The first-order valence-electron chi connectivity index (χ1n) is 14.2. The van der Waals surface area contributed by atoms with Gasteiger partial charge in [0.05, 0.1) is 23.6 Å². The third kappa shape index (κ3) is 5.37. The Morgan fingerprint density at radius 2 is 2.02 bits per heavy atom. The highest BCUT2D eigenvalue weighted by atomic mass is 19.1. The van der Waals surface area contributed by atoms with Crippen LogP contribution in [-0.2, 0) is 14.2 Å². The van der Waals surface area contributed by atoms with Crippen LogP contribution >= 0.6 is 0 Å². The summed E-state index contributed by atoms with van der Waals surface area (Å²) in [4.78, 5) is 32.7. The summed E-state index contributed by atoms with van der Waals surface area (Å²) in [6.45, 7) is 6.58. The zero-order valence-corrected chi connectivity index (χ0v) is 23.2. The maximum absolute atomic E-state index is 14.1. The van der Waals surface area contributed by atoms with Gasteiger partial charge in [-0.1, -0.05) is 38.5 Å². The zero-order chi connectivity index (χ0) is 28.6. The van der Waals surface area contributed by atoms with Gasteiger partial charge in [-0.05, 0) is 90.9 Å². The summed E-state index contributed by atoms with van der Waals surface area (Å²) in [5, 5.41) is 20.4. The van der Waals surface area contributed by atoms with Crippen LogP contribution in [0.25, 0.3) is 11.6 Å². The standard InChI is InChI=1S/C31H36BFN2O5/c1-4-13-35-30(37)22-16-21(18(2)3)28-23(29(22)31(35)38)17-32(39)40-27(28)11-9-20(25-7-5-6-12-34-25)14-19-8-10-26(36)24(33)15-19/h5-8,10,12,14-15,18,22-23,27,29,36,39H,4,9,11,13,16-17H2,1-3H3/b20-14-/t22-,23+,27-,29-/m1/s1. The highest BCUT2D eigenvalue weighted by molar-refractivity contribution is 6.43. The normalized spacial score (nSPS) is 25.1. The highest BCUT2D eigenvalue weighted by Crippen LogP contribution is 2.52. The summed E-state index contributed by atoms with van der Waals surface area (Å²) in [5.41, 5.74) is 4.38. The van der Waals surface area contributed by atoms with Gasteiger partial charge in [0.15, 0.2) is 11.6 Å². The van der Waals surface area contributed by atoms with Crippen molar-refractivity contribution in [2.24, 2.45) is 23.7 Å². The van der Waals surface area contributed by atoms with Crippen molar-refractivity contribution in [2.75, 3.05) is 6.54 Å². The van der Waals surface area contributed by atoms with E-state index in [1.165, 1.54) is 17.0 Å². The fourth-order valence-corrected chi connectivity index (χ4v) is 6.69. The van der Waals surface area contributed by atoms with Crippen molar-refractivity contribution in [1.82, 2.24) is 9.88 Å². The van der Waals surface area contributed by atoms with E-state index in [0.29, 0.717) is 37.8 Å². The first kappa shape index (κ1) is 28.2. The summed E-state index contributed by atoms with van der Waals surface area (Å²) in [5.74, 6) is -2.27. The van der Waals surface area contributed by atoms with Gasteiger partial charge in [0.1, 0.15) is 0 Å². The molecular formula is C31H36BFN2O5. The van der Waals surface area contributed by atoms with E-state index in [4.69, 9.17) is 4.65 Å². The van der Waals surface area contributed by atoms with Gasteiger partial charge in [-0.15, -0.1) is 0 Å². The number of aromatic hydroxyl groups is 1. The summed E-state index contributed by atoms with van der Waals surface area (Å²) in [6.07, 6.45) is 5.67. The monoisotopic (exact) mass is 546 g/mol. The topological polar surface area (TPSA) is 100.0 Å². The number of benzene rings is 1. The Morgan fingerprint density at radius 3 is 2.70 bits per heavy atom. The van der Waals surface area contributed by atoms with Gasteiger partial charge in [0, 0.05) is 12.7 Å². The molecule has 2 N–H and O–H groups in total. The molecule has 0 bridgehead atoms. The lowest BCUT2D eigenvalue weighted by atomic mass is 9.57. The molecule has 2 aliphatic heterocycles. The molecule has 2 aromatic rings. The smallest absolute Gasteiger partial charge is 0.455 e. The molecule has 0 spiro atoms. The van der Waals surface area contributed by atoms with E-state index in [9.17, 15) is 24.1 Å². The fourth-order valence-electron chi connectivity index (χ4n) is 6.69. The molecule has 0 saturated carbocycles. The number of hydrogen-bond acceptors (Lipinski definition) is 6. The van der Waals surface area contributed by atoms with Crippen LogP contribution in [0.15, 0.2) is 53.7 Å². The average molecular weight is 546 g/mol. The van der Waals surface area contributed by atoms with Gasteiger partial charge in [-0.25, -0.2) is 4.39 Å². The van der Waals surface area contributed by atoms with Crippen molar-refractivity contribution in [3.63, 3.8) is 0 Å². The van der Waals surface area contributed by atoms with E-state index in [1.807, 2.05) is 31.2 Å². The molecule has 4 atom stereocenters. The molecule has 2 amide bonds. The molecule has 40 heavy (non-hydrogen) atoms. The fraction of sp³-hybridized carbons (Fsp3) is 0.452.